The van der Waals surface area contributed by atoms with E-state index in [0.717, 1.165) is 0 Å². The molecule has 0 aliphatic carbocycles. The molecule has 0 aliphatic rings. The van der Waals surface area contributed by atoms with Crippen LogP contribution in [0.25, 0.3) is 6.08 Å². The lowest BCUT2D eigenvalue weighted by molar-refractivity contribution is -0.142. The molecule has 164 valence electrons. The van der Waals surface area contributed by atoms with E-state index >= 15 is 0 Å². The second-order valence-corrected chi connectivity index (χ2v) is 6.11. The third-order valence-corrected chi connectivity index (χ3v) is 4.08. The highest BCUT2D eigenvalue weighted by atomic mass is 16.5. The molecule has 0 radical (unpaired) electrons. The van der Waals surface area contributed by atoms with Gasteiger partial charge < -0.3 is 29.6 Å². The highest BCUT2D eigenvalue weighted by Crippen LogP contribution is 2.38. The van der Waals surface area contributed by atoms with Gasteiger partial charge in [0.1, 0.15) is 0 Å². The number of carbonyl (C=O) groups excluding carboxylic acids is 3. The number of esters is 1. The molecule has 31 heavy (non-hydrogen) atoms. The van der Waals surface area contributed by atoms with Gasteiger partial charge in [-0.3, -0.25) is 9.59 Å². The first-order valence-corrected chi connectivity index (χ1v) is 9.18. The normalized spacial score (nSPS) is 10.3. The molecule has 0 aromatic heterocycles. The highest BCUT2D eigenvalue weighted by Gasteiger charge is 2.13. The van der Waals surface area contributed by atoms with Crippen molar-refractivity contribution in [3.05, 3.63) is 53.6 Å². The van der Waals surface area contributed by atoms with Gasteiger partial charge in [-0.1, -0.05) is 6.07 Å². The number of hydrogen-bond donors (Lipinski definition) is 2. The van der Waals surface area contributed by atoms with E-state index in [9.17, 15) is 14.4 Å². The highest BCUT2D eigenvalue weighted by molar-refractivity contribution is 5.98. The number of anilines is 1. The molecule has 0 unspecified atom stereocenters. The summed E-state index contributed by atoms with van der Waals surface area (Å²) in [6.45, 7) is -0.484. The van der Waals surface area contributed by atoms with Crippen molar-refractivity contribution in [2.75, 3.05) is 40.3 Å². The summed E-state index contributed by atoms with van der Waals surface area (Å²) in [5.74, 6) is -0.214. The maximum Gasteiger partial charge on any atom is 0.331 e. The minimum atomic E-state index is -0.706. The molecule has 2 aromatic rings. The summed E-state index contributed by atoms with van der Waals surface area (Å²) in [5.41, 5.74) is 1.42. The van der Waals surface area contributed by atoms with E-state index in [4.69, 9.17) is 18.9 Å². The Morgan fingerprint density at radius 1 is 0.968 bits per heavy atom. The first-order chi connectivity index (χ1) is 14.9. The van der Waals surface area contributed by atoms with Crippen LogP contribution in [0.2, 0.25) is 0 Å². The molecule has 0 heterocycles. The van der Waals surface area contributed by atoms with Gasteiger partial charge >= 0.3 is 5.97 Å². The van der Waals surface area contributed by atoms with Crippen LogP contribution in [0.5, 0.6) is 17.2 Å². The average molecular weight is 428 g/mol. The molecule has 2 aromatic carbocycles. The van der Waals surface area contributed by atoms with Gasteiger partial charge in [0.2, 0.25) is 5.75 Å². The molecular weight excluding hydrogens is 404 g/mol. The maximum absolute atomic E-state index is 12.0. The largest absolute Gasteiger partial charge is 0.493 e. The fourth-order valence-electron chi connectivity index (χ4n) is 2.63. The van der Waals surface area contributed by atoms with Crippen molar-refractivity contribution >= 4 is 29.5 Å². The number of ether oxygens (including phenoxy) is 4. The van der Waals surface area contributed by atoms with Gasteiger partial charge in [-0.2, -0.15) is 0 Å². The van der Waals surface area contributed by atoms with Gasteiger partial charge in [0.25, 0.3) is 11.8 Å². The topological polar surface area (TPSA) is 112 Å². The fourth-order valence-corrected chi connectivity index (χ4v) is 2.63. The number of rotatable bonds is 9. The number of methoxy groups -OCH3 is 3. The molecule has 0 saturated carbocycles. The van der Waals surface area contributed by atoms with Gasteiger partial charge in [-0.25, -0.2) is 4.79 Å². The van der Waals surface area contributed by atoms with Crippen LogP contribution in [0, 0.1) is 0 Å². The second kappa shape index (κ2) is 11.2. The predicted molar refractivity (Wildman–Crippen MR) is 115 cm³/mol. The quantitative estimate of drug-likeness (QED) is 0.465. The Bertz CT molecular complexity index is 961. The van der Waals surface area contributed by atoms with Gasteiger partial charge in [0, 0.05) is 24.4 Å². The van der Waals surface area contributed by atoms with Crippen molar-refractivity contribution in [2.24, 2.45) is 0 Å². The van der Waals surface area contributed by atoms with E-state index in [0.29, 0.717) is 34.1 Å². The van der Waals surface area contributed by atoms with Crippen LogP contribution < -0.4 is 24.8 Å². The second-order valence-electron chi connectivity index (χ2n) is 6.11. The van der Waals surface area contributed by atoms with Crippen LogP contribution >= 0.6 is 0 Å². The van der Waals surface area contributed by atoms with Crippen LogP contribution in [0.1, 0.15) is 15.9 Å². The number of benzene rings is 2. The first kappa shape index (κ1) is 23.3. The third-order valence-electron chi connectivity index (χ3n) is 4.08. The Labute approximate surface area is 179 Å². The Kier molecular flexibility index (Phi) is 8.44. The lowest BCUT2D eigenvalue weighted by Crippen LogP contribution is -2.21. The maximum atomic E-state index is 12.0. The van der Waals surface area contributed by atoms with Crippen molar-refractivity contribution in [3.8, 4) is 17.2 Å². The number of hydrogen-bond acceptors (Lipinski definition) is 7. The van der Waals surface area contributed by atoms with Crippen molar-refractivity contribution in [1.29, 1.82) is 0 Å². The Morgan fingerprint density at radius 3 is 2.23 bits per heavy atom. The lowest BCUT2D eigenvalue weighted by atomic mass is 10.1. The molecule has 9 nitrogen and oxygen atoms in total. The summed E-state index contributed by atoms with van der Waals surface area (Å²) in [7, 11) is 5.98. The standard InChI is InChI=1S/C22H24N2O7/c1-23-22(27)15-6-5-7-16(12-15)24-19(25)13-31-20(26)9-8-14-10-17(28-2)21(30-4)18(11-14)29-3/h5-12H,13H2,1-4H3,(H,23,27)(H,24,25)/b9-8+. The summed E-state index contributed by atoms with van der Waals surface area (Å²) in [4.78, 5) is 35.6. The zero-order chi connectivity index (χ0) is 22.8. The molecule has 9 heteroatoms. The minimum Gasteiger partial charge on any atom is -0.493 e. The van der Waals surface area contributed by atoms with E-state index in [-0.39, 0.29) is 5.91 Å². The molecule has 0 saturated heterocycles. The van der Waals surface area contributed by atoms with E-state index < -0.39 is 18.5 Å². The van der Waals surface area contributed by atoms with E-state index in [1.54, 1.807) is 30.3 Å². The van der Waals surface area contributed by atoms with Crippen molar-refractivity contribution in [3.63, 3.8) is 0 Å². The summed E-state index contributed by atoms with van der Waals surface area (Å²) in [6.07, 6.45) is 2.68. The third kappa shape index (κ3) is 6.49. The summed E-state index contributed by atoms with van der Waals surface area (Å²) < 4.78 is 20.7. The summed E-state index contributed by atoms with van der Waals surface area (Å²) in [5, 5.41) is 5.06. The van der Waals surface area contributed by atoms with E-state index in [1.165, 1.54) is 46.6 Å². The molecule has 0 spiro atoms. The number of carbonyl (C=O) groups is 3. The van der Waals surface area contributed by atoms with Crippen LogP contribution in [0.15, 0.2) is 42.5 Å². The molecular formula is C22H24N2O7. The lowest BCUT2D eigenvalue weighted by Gasteiger charge is -2.12. The Morgan fingerprint density at radius 2 is 1.65 bits per heavy atom. The molecule has 0 fully saturated rings. The van der Waals surface area contributed by atoms with Crippen molar-refractivity contribution in [2.45, 2.75) is 0 Å². The molecule has 2 rings (SSSR count). The Balaban J connectivity index is 1.95. The molecule has 0 atom stereocenters. The number of nitrogens with one attached hydrogen (secondary N) is 2. The van der Waals surface area contributed by atoms with Crippen molar-refractivity contribution < 1.29 is 33.3 Å². The van der Waals surface area contributed by atoms with Crippen LogP contribution in [-0.4, -0.2) is 52.8 Å². The molecule has 0 aliphatic heterocycles. The molecule has 0 bridgehead atoms. The van der Waals surface area contributed by atoms with E-state index in [1.807, 2.05) is 0 Å². The Hall–Kier alpha value is -4.01. The predicted octanol–water partition coefficient (Wildman–Crippen LogP) is 2.27. The first-order valence-electron chi connectivity index (χ1n) is 9.18. The molecule has 2 amide bonds. The smallest absolute Gasteiger partial charge is 0.331 e. The number of amides is 2. The monoisotopic (exact) mass is 428 g/mol. The fraction of sp³-hybridized carbons (Fsp3) is 0.227. The average Bonchev–Trinajstić information content (AvgIpc) is 2.80. The van der Waals surface area contributed by atoms with Gasteiger partial charge in [0.05, 0.1) is 21.3 Å². The van der Waals surface area contributed by atoms with Gasteiger partial charge in [0.15, 0.2) is 18.1 Å². The zero-order valence-corrected chi connectivity index (χ0v) is 17.7. The van der Waals surface area contributed by atoms with Gasteiger partial charge in [-0.15, -0.1) is 0 Å². The van der Waals surface area contributed by atoms with Crippen LogP contribution in [0.3, 0.4) is 0 Å². The SMILES string of the molecule is CNC(=O)c1cccc(NC(=O)COC(=O)/C=C/c2cc(OC)c(OC)c(OC)c2)c1. The minimum absolute atomic E-state index is 0.278. The van der Waals surface area contributed by atoms with Crippen molar-refractivity contribution in [1.82, 2.24) is 5.32 Å². The van der Waals surface area contributed by atoms with Crippen LogP contribution in [0.4, 0.5) is 5.69 Å². The van der Waals surface area contributed by atoms with Gasteiger partial charge in [-0.05, 0) is 42.0 Å². The van der Waals surface area contributed by atoms with Crippen LogP contribution in [-0.2, 0) is 14.3 Å². The zero-order valence-electron chi connectivity index (χ0n) is 17.7. The summed E-state index contributed by atoms with van der Waals surface area (Å²) >= 11 is 0. The van der Waals surface area contributed by atoms with E-state index in [2.05, 4.69) is 10.6 Å². The molecule has 2 N–H and O–H groups in total. The summed E-state index contributed by atoms with van der Waals surface area (Å²) in [6, 6.07) is 9.71.